The number of hydrogen-bond acceptors (Lipinski definition) is 5. The van der Waals surface area contributed by atoms with Crippen molar-refractivity contribution in [2.45, 2.75) is 36.7 Å². The summed E-state index contributed by atoms with van der Waals surface area (Å²) in [6.07, 6.45) is 2.45. The van der Waals surface area contributed by atoms with Crippen LogP contribution < -0.4 is 0 Å². The fourth-order valence-electron chi connectivity index (χ4n) is 6.54. The standard InChI is InChI=1S/C29H29N3O4/c33-22-9-4-8-21(16-22)28-13-15-31(14-12-20-6-2-1-3-7-20)19-29(28,34)17-23-25(18-28)30-24-10-5-11-26(27(23)24)32(35)36/h1-11,16,30,33-34H,12-15,17-19H2. The molecule has 2 heterocycles. The van der Waals surface area contributed by atoms with Gasteiger partial charge in [-0.25, -0.2) is 0 Å². The highest BCUT2D eigenvalue weighted by Crippen LogP contribution is 2.52. The molecule has 1 aliphatic heterocycles. The van der Waals surface area contributed by atoms with Gasteiger partial charge in [0.2, 0.25) is 0 Å². The molecule has 7 nitrogen and oxygen atoms in total. The third-order valence-electron chi connectivity index (χ3n) is 8.33. The molecule has 4 aromatic rings. The van der Waals surface area contributed by atoms with Crippen LogP contribution in [0.25, 0.3) is 10.9 Å². The van der Waals surface area contributed by atoms with Gasteiger partial charge < -0.3 is 20.1 Å². The quantitative estimate of drug-likeness (QED) is 0.287. The van der Waals surface area contributed by atoms with E-state index < -0.39 is 11.0 Å². The predicted octanol–water partition coefficient (Wildman–Crippen LogP) is 4.50. The summed E-state index contributed by atoms with van der Waals surface area (Å²) >= 11 is 0. The van der Waals surface area contributed by atoms with E-state index in [0.29, 0.717) is 24.8 Å². The van der Waals surface area contributed by atoms with Gasteiger partial charge >= 0.3 is 0 Å². The van der Waals surface area contributed by atoms with Crippen LogP contribution in [0, 0.1) is 10.1 Å². The molecular formula is C29H29N3O4. The largest absolute Gasteiger partial charge is 0.508 e. The molecule has 2 atom stereocenters. The number of phenolic OH excluding ortho intramolecular Hbond substituents is 1. The lowest BCUT2D eigenvalue weighted by Gasteiger charge is -2.56. The highest BCUT2D eigenvalue weighted by atomic mass is 16.6. The second-order valence-electron chi connectivity index (χ2n) is 10.3. The molecule has 7 heteroatoms. The van der Waals surface area contributed by atoms with Crippen LogP contribution in [-0.2, 0) is 24.7 Å². The van der Waals surface area contributed by atoms with Gasteiger partial charge in [0, 0.05) is 43.1 Å². The Morgan fingerprint density at radius 2 is 1.83 bits per heavy atom. The second-order valence-corrected chi connectivity index (χ2v) is 10.3. The van der Waals surface area contributed by atoms with Crippen molar-refractivity contribution in [2.24, 2.45) is 0 Å². The maximum atomic E-state index is 12.5. The van der Waals surface area contributed by atoms with Gasteiger partial charge in [-0.1, -0.05) is 48.5 Å². The van der Waals surface area contributed by atoms with E-state index in [-0.39, 0.29) is 16.4 Å². The molecule has 0 radical (unpaired) electrons. The van der Waals surface area contributed by atoms with Crippen LogP contribution in [0.1, 0.15) is 28.8 Å². The number of benzene rings is 3. The van der Waals surface area contributed by atoms with E-state index in [4.69, 9.17) is 0 Å². The number of fused-ring (bicyclic) bond motifs is 4. The van der Waals surface area contributed by atoms with E-state index in [1.807, 2.05) is 36.4 Å². The minimum atomic E-state index is -1.15. The van der Waals surface area contributed by atoms with Gasteiger partial charge in [-0.3, -0.25) is 10.1 Å². The van der Waals surface area contributed by atoms with Crippen molar-refractivity contribution in [3.05, 3.63) is 105 Å². The highest BCUT2D eigenvalue weighted by Gasteiger charge is 2.57. The number of non-ortho nitro benzene ring substituents is 1. The number of rotatable bonds is 5. The Bertz CT molecular complexity index is 1450. The zero-order valence-corrected chi connectivity index (χ0v) is 20.0. The molecule has 184 valence electrons. The highest BCUT2D eigenvalue weighted by molar-refractivity contribution is 5.93. The molecule has 1 fully saturated rings. The summed E-state index contributed by atoms with van der Waals surface area (Å²) in [6.45, 7) is 2.10. The van der Waals surface area contributed by atoms with Crippen LogP contribution in [0.2, 0.25) is 0 Å². The Labute approximate surface area is 209 Å². The lowest BCUT2D eigenvalue weighted by molar-refractivity contribution is -0.383. The molecule has 3 aromatic carbocycles. The first-order valence-corrected chi connectivity index (χ1v) is 12.4. The first-order chi connectivity index (χ1) is 17.4. The van der Waals surface area contributed by atoms with Crippen molar-refractivity contribution in [1.29, 1.82) is 0 Å². The maximum absolute atomic E-state index is 12.5. The van der Waals surface area contributed by atoms with E-state index in [9.17, 15) is 20.3 Å². The summed E-state index contributed by atoms with van der Waals surface area (Å²) in [5.41, 5.74) is 2.96. The monoisotopic (exact) mass is 483 g/mol. The van der Waals surface area contributed by atoms with Gasteiger partial charge in [-0.15, -0.1) is 0 Å². The molecule has 1 aromatic heterocycles. The van der Waals surface area contributed by atoms with Crippen molar-refractivity contribution in [3.8, 4) is 5.75 Å². The number of nitro benzene ring substituents is 1. The zero-order valence-electron chi connectivity index (χ0n) is 20.0. The smallest absolute Gasteiger partial charge is 0.279 e. The average molecular weight is 484 g/mol. The lowest BCUT2D eigenvalue weighted by atomic mass is 9.56. The summed E-state index contributed by atoms with van der Waals surface area (Å²) in [7, 11) is 0. The maximum Gasteiger partial charge on any atom is 0.279 e. The number of hydrogen-bond donors (Lipinski definition) is 3. The van der Waals surface area contributed by atoms with E-state index in [1.165, 1.54) is 11.6 Å². The first kappa shape index (κ1) is 22.8. The SMILES string of the molecule is O=[N+]([O-])c1cccc2[nH]c3c(c12)CC1(O)CN(CCc2ccccc2)CCC1(c1cccc(O)c1)C3. The van der Waals surface area contributed by atoms with E-state index in [0.717, 1.165) is 48.3 Å². The van der Waals surface area contributed by atoms with Gasteiger partial charge in [0.15, 0.2) is 0 Å². The van der Waals surface area contributed by atoms with Crippen LogP contribution in [0.15, 0.2) is 72.8 Å². The van der Waals surface area contributed by atoms with Crippen molar-refractivity contribution in [3.63, 3.8) is 0 Å². The Hall–Kier alpha value is -3.68. The number of β-amino-alcohol motifs (C(OH)–C–C–N with tert-alkyl or cyclic N) is 1. The number of H-pyrrole nitrogens is 1. The molecule has 3 N–H and O–H groups in total. The predicted molar refractivity (Wildman–Crippen MR) is 138 cm³/mol. The van der Waals surface area contributed by atoms with Crippen molar-refractivity contribution in [2.75, 3.05) is 19.6 Å². The zero-order chi connectivity index (χ0) is 24.9. The van der Waals surface area contributed by atoms with Gasteiger partial charge in [0.1, 0.15) is 5.75 Å². The summed E-state index contributed by atoms with van der Waals surface area (Å²) in [4.78, 5) is 17.3. The number of aliphatic hydroxyl groups is 1. The number of nitrogens with zero attached hydrogens (tertiary/aromatic N) is 2. The average Bonchev–Trinajstić information content (AvgIpc) is 3.22. The molecular weight excluding hydrogens is 454 g/mol. The second kappa shape index (κ2) is 8.47. The number of likely N-dealkylation sites (tertiary alicyclic amines) is 1. The number of nitro groups is 1. The number of aromatic nitrogens is 1. The van der Waals surface area contributed by atoms with Crippen molar-refractivity contribution >= 4 is 16.6 Å². The molecule has 0 saturated carbocycles. The Morgan fingerprint density at radius 1 is 1.03 bits per heavy atom. The minimum Gasteiger partial charge on any atom is -0.508 e. The summed E-state index contributed by atoms with van der Waals surface area (Å²) in [6, 6.07) is 22.6. The van der Waals surface area contributed by atoms with E-state index in [2.05, 4.69) is 22.0 Å². The number of piperidine rings is 1. The van der Waals surface area contributed by atoms with Crippen LogP contribution in [-0.4, -0.2) is 50.3 Å². The number of aromatic hydroxyl groups is 1. The molecule has 0 amide bonds. The Balaban J connectivity index is 1.43. The molecule has 2 unspecified atom stereocenters. The van der Waals surface area contributed by atoms with Crippen LogP contribution >= 0.6 is 0 Å². The van der Waals surface area contributed by atoms with Gasteiger partial charge in [-0.05, 0) is 54.3 Å². The summed E-state index contributed by atoms with van der Waals surface area (Å²) < 4.78 is 0. The first-order valence-electron chi connectivity index (χ1n) is 12.4. The third-order valence-corrected chi connectivity index (χ3v) is 8.33. The normalized spacial score (nSPS) is 23.8. The molecule has 1 aliphatic carbocycles. The minimum absolute atomic E-state index is 0.0650. The number of nitrogens with one attached hydrogen (secondary N) is 1. The summed E-state index contributed by atoms with van der Waals surface area (Å²) in [5, 5.41) is 35.3. The molecule has 1 saturated heterocycles. The van der Waals surface area contributed by atoms with Crippen LogP contribution in [0.5, 0.6) is 5.75 Å². The summed E-state index contributed by atoms with van der Waals surface area (Å²) in [5.74, 6) is 0.175. The van der Waals surface area contributed by atoms with E-state index >= 15 is 0 Å². The van der Waals surface area contributed by atoms with Crippen molar-refractivity contribution in [1.82, 2.24) is 9.88 Å². The number of aromatic amines is 1. The topological polar surface area (TPSA) is 103 Å². The fraction of sp³-hybridized carbons (Fsp3) is 0.310. The van der Waals surface area contributed by atoms with E-state index in [1.54, 1.807) is 18.2 Å². The lowest BCUT2D eigenvalue weighted by Crippen LogP contribution is -2.66. The van der Waals surface area contributed by atoms with Crippen LogP contribution in [0.3, 0.4) is 0 Å². The molecule has 36 heavy (non-hydrogen) atoms. The molecule has 6 rings (SSSR count). The number of phenols is 1. The Morgan fingerprint density at radius 3 is 2.61 bits per heavy atom. The third kappa shape index (κ3) is 3.58. The van der Waals surface area contributed by atoms with Gasteiger partial charge in [0.05, 0.1) is 21.4 Å². The molecule has 0 bridgehead atoms. The van der Waals surface area contributed by atoms with Crippen molar-refractivity contribution < 1.29 is 15.1 Å². The fourth-order valence-corrected chi connectivity index (χ4v) is 6.54. The van der Waals surface area contributed by atoms with Gasteiger partial charge in [0.25, 0.3) is 5.69 Å². The molecule has 0 spiro atoms. The Kier molecular flexibility index (Phi) is 5.35. The van der Waals surface area contributed by atoms with Gasteiger partial charge in [-0.2, -0.15) is 0 Å². The molecule has 2 aliphatic rings. The van der Waals surface area contributed by atoms with Crippen LogP contribution in [0.4, 0.5) is 5.69 Å².